The smallest absolute Gasteiger partial charge is 0.260 e. The van der Waals surface area contributed by atoms with E-state index in [0.717, 1.165) is 16.0 Å². The fourth-order valence-electron chi connectivity index (χ4n) is 3.75. The van der Waals surface area contributed by atoms with Crippen LogP contribution in [0.1, 0.15) is 33.2 Å². The SMILES string of the molecule is CCOc1ccccc1C(=O)Nc1sc(-c2ccccc2)c(C)c1C(=O)N1CCOCC1. The maximum Gasteiger partial charge on any atom is 0.260 e. The number of benzene rings is 2. The van der Waals surface area contributed by atoms with Gasteiger partial charge in [0.05, 0.1) is 30.9 Å². The lowest BCUT2D eigenvalue weighted by molar-refractivity contribution is 0.0303. The predicted molar refractivity (Wildman–Crippen MR) is 127 cm³/mol. The highest BCUT2D eigenvalue weighted by Gasteiger charge is 2.28. The molecule has 1 saturated heterocycles. The van der Waals surface area contributed by atoms with Crippen LogP contribution in [0.3, 0.4) is 0 Å². The summed E-state index contributed by atoms with van der Waals surface area (Å²) in [5.41, 5.74) is 2.86. The predicted octanol–water partition coefficient (Wildman–Crippen LogP) is 4.85. The van der Waals surface area contributed by atoms with E-state index in [0.29, 0.717) is 54.8 Å². The number of ether oxygens (including phenoxy) is 2. The van der Waals surface area contributed by atoms with Crippen molar-refractivity contribution in [3.05, 3.63) is 71.3 Å². The zero-order chi connectivity index (χ0) is 22.5. The maximum absolute atomic E-state index is 13.5. The minimum atomic E-state index is -0.300. The zero-order valence-electron chi connectivity index (χ0n) is 18.2. The Hall–Kier alpha value is -3.16. The molecule has 0 spiro atoms. The summed E-state index contributed by atoms with van der Waals surface area (Å²) in [6, 6.07) is 17.0. The van der Waals surface area contributed by atoms with E-state index in [1.54, 1.807) is 23.1 Å². The first-order chi connectivity index (χ1) is 15.6. The average Bonchev–Trinajstić information content (AvgIpc) is 3.15. The molecular weight excluding hydrogens is 424 g/mol. The molecule has 3 aromatic rings. The summed E-state index contributed by atoms with van der Waals surface area (Å²) in [6.07, 6.45) is 0. The number of para-hydroxylation sites is 1. The third kappa shape index (κ3) is 4.54. The van der Waals surface area contributed by atoms with Crippen molar-refractivity contribution in [3.8, 4) is 16.2 Å². The van der Waals surface area contributed by atoms with Crippen molar-refractivity contribution in [2.24, 2.45) is 0 Å². The molecule has 2 amide bonds. The first-order valence-electron chi connectivity index (χ1n) is 10.7. The van der Waals surface area contributed by atoms with E-state index in [1.807, 2.05) is 50.2 Å². The summed E-state index contributed by atoms with van der Waals surface area (Å²) in [4.78, 5) is 29.4. The van der Waals surface area contributed by atoms with Crippen molar-refractivity contribution >= 4 is 28.2 Å². The largest absolute Gasteiger partial charge is 0.493 e. The van der Waals surface area contributed by atoms with Gasteiger partial charge in [0, 0.05) is 18.0 Å². The Morgan fingerprint density at radius 2 is 1.75 bits per heavy atom. The summed E-state index contributed by atoms with van der Waals surface area (Å²) in [6.45, 7) is 6.39. The van der Waals surface area contributed by atoms with Gasteiger partial charge in [-0.15, -0.1) is 11.3 Å². The van der Waals surface area contributed by atoms with Crippen molar-refractivity contribution in [1.82, 2.24) is 4.90 Å². The van der Waals surface area contributed by atoms with Gasteiger partial charge in [-0.2, -0.15) is 0 Å². The van der Waals surface area contributed by atoms with E-state index in [2.05, 4.69) is 5.32 Å². The molecule has 0 bridgehead atoms. The van der Waals surface area contributed by atoms with E-state index in [9.17, 15) is 9.59 Å². The molecule has 0 aliphatic carbocycles. The van der Waals surface area contributed by atoms with Crippen LogP contribution in [0.2, 0.25) is 0 Å². The number of nitrogens with one attached hydrogen (secondary N) is 1. The van der Waals surface area contributed by atoms with Gasteiger partial charge in [-0.3, -0.25) is 9.59 Å². The van der Waals surface area contributed by atoms with Crippen LogP contribution in [0.25, 0.3) is 10.4 Å². The zero-order valence-corrected chi connectivity index (χ0v) is 19.0. The maximum atomic E-state index is 13.5. The van der Waals surface area contributed by atoms with Gasteiger partial charge in [0.25, 0.3) is 11.8 Å². The quantitative estimate of drug-likeness (QED) is 0.583. The van der Waals surface area contributed by atoms with Crippen molar-refractivity contribution in [2.75, 3.05) is 38.2 Å². The molecule has 6 nitrogen and oxygen atoms in total. The van der Waals surface area contributed by atoms with Gasteiger partial charge in [-0.1, -0.05) is 42.5 Å². The molecule has 1 aromatic heterocycles. The van der Waals surface area contributed by atoms with Gasteiger partial charge in [0.2, 0.25) is 0 Å². The Morgan fingerprint density at radius 1 is 1.06 bits per heavy atom. The van der Waals surface area contributed by atoms with Crippen LogP contribution in [0.4, 0.5) is 5.00 Å². The molecule has 4 rings (SSSR count). The van der Waals surface area contributed by atoms with Crippen LogP contribution in [-0.2, 0) is 4.74 Å². The minimum absolute atomic E-state index is 0.0855. The van der Waals surface area contributed by atoms with E-state index < -0.39 is 0 Å². The standard InChI is InChI=1S/C25H26N2O4S/c1-3-31-20-12-8-7-11-19(20)23(28)26-24-21(25(29)27-13-15-30-16-14-27)17(2)22(32-24)18-9-5-4-6-10-18/h4-12H,3,13-16H2,1-2H3,(H,26,28). The van der Waals surface area contributed by atoms with E-state index >= 15 is 0 Å². The van der Waals surface area contributed by atoms with Crippen LogP contribution in [0, 0.1) is 6.92 Å². The molecule has 0 saturated carbocycles. The second-order valence-electron chi connectivity index (χ2n) is 7.41. The number of thiophene rings is 1. The highest BCUT2D eigenvalue weighted by molar-refractivity contribution is 7.20. The molecule has 0 atom stereocenters. The highest BCUT2D eigenvalue weighted by atomic mass is 32.1. The first-order valence-corrected chi connectivity index (χ1v) is 11.5. The fourth-order valence-corrected chi connectivity index (χ4v) is 4.95. The Kier molecular flexibility index (Phi) is 6.87. The molecule has 1 aliphatic rings. The van der Waals surface area contributed by atoms with Crippen LogP contribution in [0.15, 0.2) is 54.6 Å². The average molecular weight is 451 g/mol. The molecule has 1 aliphatic heterocycles. The lowest BCUT2D eigenvalue weighted by Crippen LogP contribution is -2.41. The molecule has 7 heteroatoms. The van der Waals surface area contributed by atoms with Gasteiger partial charge in [0.15, 0.2) is 0 Å². The number of amides is 2. The summed E-state index contributed by atoms with van der Waals surface area (Å²) < 4.78 is 11.0. The summed E-state index contributed by atoms with van der Waals surface area (Å²) in [5, 5.41) is 3.55. The molecule has 2 aromatic carbocycles. The van der Waals surface area contributed by atoms with Crippen molar-refractivity contribution in [2.45, 2.75) is 13.8 Å². The van der Waals surface area contributed by atoms with E-state index in [4.69, 9.17) is 9.47 Å². The van der Waals surface area contributed by atoms with Crippen molar-refractivity contribution in [3.63, 3.8) is 0 Å². The lowest BCUT2D eigenvalue weighted by atomic mass is 10.1. The van der Waals surface area contributed by atoms with Gasteiger partial charge < -0.3 is 19.7 Å². The summed E-state index contributed by atoms with van der Waals surface area (Å²) in [5.74, 6) is 0.133. The number of carbonyl (C=O) groups excluding carboxylic acids is 2. The molecule has 1 N–H and O–H groups in total. The van der Waals surface area contributed by atoms with Crippen LogP contribution >= 0.6 is 11.3 Å². The number of nitrogens with zero attached hydrogens (tertiary/aromatic N) is 1. The summed E-state index contributed by atoms with van der Waals surface area (Å²) in [7, 11) is 0. The van der Waals surface area contributed by atoms with Crippen LogP contribution in [-0.4, -0.2) is 49.6 Å². The third-order valence-corrected chi connectivity index (χ3v) is 6.61. The Bertz CT molecular complexity index is 1100. The summed E-state index contributed by atoms with van der Waals surface area (Å²) >= 11 is 1.42. The third-order valence-electron chi connectivity index (χ3n) is 5.35. The molecule has 166 valence electrons. The molecule has 2 heterocycles. The number of carbonyl (C=O) groups is 2. The van der Waals surface area contributed by atoms with Gasteiger partial charge in [-0.25, -0.2) is 0 Å². The second kappa shape index (κ2) is 9.97. The van der Waals surface area contributed by atoms with E-state index in [-0.39, 0.29) is 11.8 Å². The fraction of sp³-hybridized carbons (Fsp3) is 0.280. The Labute approximate surface area is 191 Å². The van der Waals surface area contributed by atoms with E-state index in [1.165, 1.54) is 11.3 Å². The van der Waals surface area contributed by atoms with Crippen molar-refractivity contribution in [1.29, 1.82) is 0 Å². The van der Waals surface area contributed by atoms with Gasteiger partial charge in [-0.05, 0) is 37.1 Å². The van der Waals surface area contributed by atoms with Crippen molar-refractivity contribution < 1.29 is 19.1 Å². The second-order valence-corrected chi connectivity index (χ2v) is 8.43. The molecule has 0 radical (unpaired) electrons. The molecule has 0 unspecified atom stereocenters. The highest BCUT2D eigenvalue weighted by Crippen LogP contribution is 2.41. The first kappa shape index (κ1) is 22.0. The number of hydrogen-bond acceptors (Lipinski definition) is 5. The normalized spacial score (nSPS) is 13.6. The Balaban J connectivity index is 1.73. The number of morpholine rings is 1. The Morgan fingerprint density at radius 3 is 2.47 bits per heavy atom. The molecule has 1 fully saturated rings. The minimum Gasteiger partial charge on any atom is -0.493 e. The lowest BCUT2D eigenvalue weighted by Gasteiger charge is -2.27. The molecular formula is C25H26N2O4S. The topological polar surface area (TPSA) is 67.9 Å². The number of anilines is 1. The number of hydrogen-bond donors (Lipinski definition) is 1. The number of rotatable bonds is 6. The van der Waals surface area contributed by atoms with Crippen LogP contribution in [0.5, 0.6) is 5.75 Å². The van der Waals surface area contributed by atoms with Gasteiger partial charge >= 0.3 is 0 Å². The van der Waals surface area contributed by atoms with Crippen LogP contribution < -0.4 is 10.1 Å². The van der Waals surface area contributed by atoms with Gasteiger partial charge in [0.1, 0.15) is 10.8 Å². The molecule has 32 heavy (non-hydrogen) atoms. The monoisotopic (exact) mass is 450 g/mol.